The lowest BCUT2D eigenvalue weighted by molar-refractivity contribution is -0.858. The summed E-state index contributed by atoms with van der Waals surface area (Å²) in [5.41, 5.74) is 1.20. The van der Waals surface area contributed by atoms with E-state index in [1.807, 2.05) is 12.1 Å². The minimum atomic E-state index is 0.649. The molecule has 0 spiro atoms. The van der Waals surface area contributed by atoms with Gasteiger partial charge in [-0.3, -0.25) is 0 Å². The molecule has 0 aliphatic carbocycles. The molecule has 1 rings (SSSR count). The Bertz CT molecular complexity index is 339. The first-order chi connectivity index (χ1) is 8.12. The molecule has 96 valence electrons. The lowest BCUT2D eigenvalue weighted by atomic mass is 10.1. The fraction of sp³-hybridized carbons (Fsp3) is 0.538. The molecule has 17 heavy (non-hydrogen) atoms. The highest BCUT2D eigenvalue weighted by Gasteiger charge is 2.13. The SMILES string of the molecule is COc1cc(CC[NH+](C)C)cc(OC)c1OC. The normalized spacial score (nSPS) is 10.5. The summed E-state index contributed by atoms with van der Waals surface area (Å²) in [7, 11) is 9.16. The van der Waals surface area contributed by atoms with E-state index >= 15 is 0 Å². The summed E-state index contributed by atoms with van der Waals surface area (Å²) in [5, 5.41) is 0. The summed E-state index contributed by atoms with van der Waals surface area (Å²) < 4.78 is 15.9. The molecular formula is C13H22NO3+. The van der Waals surface area contributed by atoms with Crippen molar-refractivity contribution in [2.45, 2.75) is 6.42 Å². The van der Waals surface area contributed by atoms with E-state index in [1.54, 1.807) is 21.3 Å². The molecule has 0 unspecified atom stereocenters. The van der Waals surface area contributed by atoms with Crippen molar-refractivity contribution in [2.75, 3.05) is 42.0 Å². The van der Waals surface area contributed by atoms with Gasteiger partial charge in [0.25, 0.3) is 0 Å². The Hall–Kier alpha value is -1.42. The summed E-state index contributed by atoms with van der Waals surface area (Å²) in [4.78, 5) is 1.42. The maximum Gasteiger partial charge on any atom is 0.203 e. The first-order valence-corrected chi connectivity index (χ1v) is 5.70. The minimum Gasteiger partial charge on any atom is -0.493 e. The Labute approximate surface area is 103 Å². The predicted octanol–water partition coefficient (Wildman–Crippen LogP) is 0.399. The topological polar surface area (TPSA) is 32.1 Å². The Morgan fingerprint density at radius 2 is 1.47 bits per heavy atom. The van der Waals surface area contributed by atoms with Gasteiger partial charge in [0.05, 0.1) is 42.0 Å². The molecule has 0 fully saturated rings. The third kappa shape index (κ3) is 3.53. The van der Waals surface area contributed by atoms with E-state index in [9.17, 15) is 0 Å². The van der Waals surface area contributed by atoms with E-state index in [0.29, 0.717) is 5.75 Å². The highest BCUT2D eigenvalue weighted by Crippen LogP contribution is 2.38. The van der Waals surface area contributed by atoms with Gasteiger partial charge in [-0.25, -0.2) is 0 Å². The Morgan fingerprint density at radius 1 is 0.941 bits per heavy atom. The number of quaternary nitrogens is 1. The van der Waals surface area contributed by atoms with Gasteiger partial charge in [-0.2, -0.15) is 0 Å². The molecule has 0 amide bonds. The smallest absolute Gasteiger partial charge is 0.203 e. The lowest BCUT2D eigenvalue weighted by Crippen LogP contribution is -3.05. The highest BCUT2D eigenvalue weighted by atomic mass is 16.5. The van der Waals surface area contributed by atoms with E-state index in [2.05, 4.69) is 14.1 Å². The molecule has 1 aromatic rings. The number of benzene rings is 1. The van der Waals surface area contributed by atoms with Crippen LogP contribution in [0.1, 0.15) is 5.56 Å². The Morgan fingerprint density at radius 3 is 1.82 bits per heavy atom. The highest BCUT2D eigenvalue weighted by molar-refractivity contribution is 5.53. The van der Waals surface area contributed by atoms with Gasteiger partial charge in [0.1, 0.15) is 0 Å². The van der Waals surface area contributed by atoms with Crippen molar-refractivity contribution in [1.29, 1.82) is 0 Å². The average Bonchev–Trinajstić information content (AvgIpc) is 2.34. The van der Waals surface area contributed by atoms with Gasteiger partial charge in [-0.15, -0.1) is 0 Å². The van der Waals surface area contributed by atoms with Crippen molar-refractivity contribution in [1.82, 2.24) is 0 Å². The maximum absolute atomic E-state index is 5.31. The van der Waals surface area contributed by atoms with Gasteiger partial charge in [-0.05, 0) is 17.7 Å². The van der Waals surface area contributed by atoms with Crippen LogP contribution in [0.5, 0.6) is 17.2 Å². The molecule has 0 aromatic heterocycles. The van der Waals surface area contributed by atoms with Gasteiger partial charge in [-0.1, -0.05) is 0 Å². The zero-order valence-corrected chi connectivity index (χ0v) is 11.3. The molecule has 1 aromatic carbocycles. The van der Waals surface area contributed by atoms with Crippen LogP contribution in [0.4, 0.5) is 0 Å². The van der Waals surface area contributed by atoms with Crippen LogP contribution in [-0.4, -0.2) is 42.0 Å². The van der Waals surface area contributed by atoms with Crippen molar-refractivity contribution in [2.24, 2.45) is 0 Å². The van der Waals surface area contributed by atoms with Gasteiger partial charge in [0.2, 0.25) is 5.75 Å². The van der Waals surface area contributed by atoms with Crippen LogP contribution in [0.3, 0.4) is 0 Å². The Balaban J connectivity index is 3.00. The van der Waals surface area contributed by atoms with E-state index < -0.39 is 0 Å². The predicted molar refractivity (Wildman–Crippen MR) is 67.5 cm³/mol. The number of likely N-dealkylation sites (N-methyl/N-ethyl adjacent to an activating group) is 1. The molecular weight excluding hydrogens is 218 g/mol. The van der Waals surface area contributed by atoms with Gasteiger partial charge in [0.15, 0.2) is 11.5 Å². The van der Waals surface area contributed by atoms with Gasteiger partial charge >= 0.3 is 0 Å². The standard InChI is InChI=1S/C13H21NO3/c1-14(2)7-6-10-8-11(15-3)13(17-5)12(9-10)16-4/h8-9H,6-7H2,1-5H3/p+1. The zero-order valence-electron chi connectivity index (χ0n) is 11.3. The van der Waals surface area contributed by atoms with Crippen molar-refractivity contribution in [3.63, 3.8) is 0 Å². The minimum absolute atomic E-state index is 0.649. The molecule has 0 aliphatic rings. The average molecular weight is 240 g/mol. The van der Waals surface area contributed by atoms with E-state index in [0.717, 1.165) is 24.5 Å². The number of hydrogen-bond acceptors (Lipinski definition) is 3. The monoisotopic (exact) mass is 240 g/mol. The summed E-state index contributed by atoms with van der Waals surface area (Å²) in [6.07, 6.45) is 0.985. The fourth-order valence-electron chi connectivity index (χ4n) is 1.67. The molecule has 0 saturated carbocycles. The summed E-state index contributed by atoms with van der Waals surface area (Å²) >= 11 is 0. The second-order valence-corrected chi connectivity index (χ2v) is 4.24. The molecule has 1 N–H and O–H groups in total. The zero-order chi connectivity index (χ0) is 12.8. The van der Waals surface area contributed by atoms with Crippen molar-refractivity contribution < 1.29 is 19.1 Å². The van der Waals surface area contributed by atoms with Crippen molar-refractivity contribution in [3.05, 3.63) is 17.7 Å². The second kappa shape index (κ2) is 6.35. The Kier molecular flexibility index (Phi) is 5.10. The van der Waals surface area contributed by atoms with Crippen molar-refractivity contribution in [3.8, 4) is 17.2 Å². The fourth-order valence-corrected chi connectivity index (χ4v) is 1.67. The summed E-state index contributed by atoms with van der Waals surface area (Å²) in [5.74, 6) is 2.09. The van der Waals surface area contributed by atoms with Gasteiger partial charge in [0, 0.05) is 6.42 Å². The van der Waals surface area contributed by atoms with Crippen molar-refractivity contribution >= 4 is 0 Å². The first kappa shape index (κ1) is 13.6. The van der Waals surface area contributed by atoms with Crippen LogP contribution in [-0.2, 0) is 6.42 Å². The molecule has 0 atom stereocenters. The first-order valence-electron chi connectivity index (χ1n) is 5.70. The third-order valence-electron chi connectivity index (χ3n) is 2.64. The van der Waals surface area contributed by atoms with Gasteiger partial charge < -0.3 is 19.1 Å². The molecule has 0 bridgehead atoms. The number of rotatable bonds is 6. The number of hydrogen-bond donors (Lipinski definition) is 1. The second-order valence-electron chi connectivity index (χ2n) is 4.24. The molecule has 4 nitrogen and oxygen atoms in total. The van der Waals surface area contributed by atoms with E-state index in [4.69, 9.17) is 14.2 Å². The van der Waals surface area contributed by atoms with E-state index in [1.165, 1.54) is 10.5 Å². The molecule has 0 aliphatic heterocycles. The van der Waals surface area contributed by atoms with E-state index in [-0.39, 0.29) is 0 Å². The van der Waals surface area contributed by atoms with Crippen LogP contribution in [0.15, 0.2) is 12.1 Å². The molecule has 4 heteroatoms. The summed E-state index contributed by atoms with van der Waals surface area (Å²) in [6, 6.07) is 4.01. The molecule has 0 radical (unpaired) electrons. The number of nitrogens with one attached hydrogen (secondary N) is 1. The quantitative estimate of drug-likeness (QED) is 0.781. The number of methoxy groups -OCH3 is 3. The lowest BCUT2D eigenvalue weighted by Gasteiger charge is -2.14. The van der Waals surface area contributed by atoms with Crippen LogP contribution in [0.25, 0.3) is 0 Å². The molecule has 0 heterocycles. The van der Waals surface area contributed by atoms with Crippen LogP contribution < -0.4 is 19.1 Å². The van der Waals surface area contributed by atoms with Crippen LogP contribution >= 0.6 is 0 Å². The maximum atomic E-state index is 5.31. The largest absolute Gasteiger partial charge is 0.493 e. The molecule has 0 saturated heterocycles. The van der Waals surface area contributed by atoms with Crippen LogP contribution in [0.2, 0.25) is 0 Å². The van der Waals surface area contributed by atoms with Crippen LogP contribution in [0, 0.1) is 0 Å². The number of ether oxygens (including phenoxy) is 3. The third-order valence-corrected chi connectivity index (χ3v) is 2.64. The summed E-state index contributed by atoms with van der Waals surface area (Å²) in [6.45, 7) is 1.07.